The molecule has 7 heteroatoms. The number of amides is 1. The number of hydrogen-bond acceptors (Lipinski definition) is 4. The lowest BCUT2D eigenvalue weighted by atomic mass is 9.97. The molecule has 0 atom stereocenters. The number of carboxylic acid groups (broad SMARTS) is 1. The van der Waals surface area contributed by atoms with E-state index in [2.05, 4.69) is 16.5 Å². The van der Waals surface area contributed by atoms with Crippen LogP contribution in [-0.4, -0.2) is 50.3 Å². The maximum atomic E-state index is 12.4. The third-order valence-corrected chi connectivity index (χ3v) is 5.42. The number of para-hydroxylation sites is 2. The molecule has 128 valence electrons. The summed E-state index contributed by atoms with van der Waals surface area (Å²) in [6.45, 7) is 3.93. The van der Waals surface area contributed by atoms with Crippen molar-refractivity contribution >= 4 is 34.7 Å². The number of aryl methyl sites for hydroxylation is 1. The molecular formula is C17H21N3O3S. The number of aromatic nitrogens is 2. The summed E-state index contributed by atoms with van der Waals surface area (Å²) in [6, 6.07) is 7.96. The Morgan fingerprint density at radius 3 is 2.67 bits per heavy atom. The molecule has 1 fully saturated rings. The number of imidazole rings is 1. The van der Waals surface area contributed by atoms with Crippen LogP contribution in [0.1, 0.15) is 19.8 Å². The van der Waals surface area contributed by atoms with Gasteiger partial charge in [0.2, 0.25) is 5.91 Å². The van der Waals surface area contributed by atoms with Crippen molar-refractivity contribution in [3.8, 4) is 0 Å². The summed E-state index contributed by atoms with van der Waals surface area (Å²) < 4.78 is 2.12. The Kier molecular flexibility index (Phi) is 5.08. The van der Waals surface area contributed by atoms with E-state index in [0.717, 1.165) is 22.7 Å². The molecule has 6 nitrogen and oxygen atoms in total. The first-order chi connectivity index (χ1) is 11.6. The molecule has 1 amide bonds. The number of nitrogens with zero attached hydrogens (tertiary/aromatic N) is 3. The Balaban J connectivity index is 1.62. The Labute approximate surface area is 144 Å². The SMILES string of the molecule is CCn1c(SCC(=O)N2CCC(C(=O)O)CC2)nc2ccccc21. The van der Waals surface area contributed by atoms with Crippen molar-refractivity contribution in [1.29, 1.82) is 0 Å². The normalized spacial score (nSPS) is 15.8. The van der Waals surface area contributed by atoms with Crippen LogP contribution in [0.3, 0.4) is 0 Å². The first-order valence-corrected chi connectivity index (χ1v) is 9.17. The highest BCUT2D eigenvalue weighted by Gasteiger charge is 2.27. The fraction of sp³-hybridized carbons (Fsp3) is 0.471. The van der Waals surface area contributed by atoms with Crippen LogP contribution in [0, 0.1) is 5.92 Å². The molecule has 2 aromatic rings. The zero-order chi connectivity index (χ0) is 17.1. The van der Waals surface area contributed by atoms with E-state index >= 15 is 0 Å². The first-order valence-electron chi connectivity index (χ1n) is 8.18. The molecule has 0 saturated carbocycles. The van der Waals surface area contributed by atoms with E-state index in [1.807, 2.05) is 24.3 Å². The van der Waals surface area contributed by atoms with Gasteiger partial charge in [0.05, 0.1) is 22.7 Å². The minimum Gasteiger partial charge on any atom is -0.481 e. The maximum absolute atomic E-state index is 12.4. The van der Waals surface area contributed by atoms with Gasteiger partial charge in [-0.05, 0) is 31.9 Å². The van der Waals surface area contributed by atoms with E-state index in [1.54, 1.807) is 4.90 Å². The van der Waals surface area contributed by atoms with Crippen molar-refractivity contribution in [3.63, 3.8) is 0 Å². The Morgan fingerprint density at radius 2 is 2.00 bits per heavy atom. The quantitative estimate of drug-likeness (QED) is 0.841. The van der Waals surface area contributed by atoms with Crippen molar-refractivity contribution in [2.24, 2.45) is 5.92 Å². The molecule has 0 radical (unpaired) electrons. The molecule has 24 heavy (non-hydrogen) atoms. The summed E-state index contributed by atoms with van der Waals surface area (Å²) in [5.41, 5.74) is 2.02. The predicted molar refractivity (Wildman–Crippen MR) is 93.1 cm³/mol. The highest BCUT2D eigenvalue weighted by Crippen LogP contribution is 2.25. The van der Waals surface area contributed by atoms with Crippen LogP contribution in [0.4, 0.5) is 0 Å². The van der Waals surface area contributed by atoms with Crippen molar-refractivity contribution in [2.75, 3.05) is 18.8 Å². The number of benzene rings is 1. The summed E-state index contributed by atoms with van der Waals surface area (Å²) in [5, 5.41) is 9.88. The van der Waals surface area contributed by atoms with Gasteiger partial charge in [0, 0.05) is 19.6 Å². The molecule has 1 aromatic heterocycles. The topological polar surface area (TPSA) is 75.4 Å². The lowest BCUT2D eigenvalue weighted by molar-refractivity contribution is -0.145. The molecule has 0 aliphatic carbocycles. The third kappa shape index (κ3) is 3.40. The van der Waals surface area contributed by atoms with Crippen molar-refractivity contribution in [2.45, 2.75) is 31.5 Å². The fourth-order valence-electron chi connectivity index (χ4n) is 3.06. The van der Waals surface area contributed by atoms with Crippen LogP contribution in [0.15, 0.2) is 29.4 Å². The van der Waals surface area contributed by atoms with Crippen LogP contribution < -0.4 is 0 Å². The van der Waals surface area contributed by atoms with Gasteiger partial charge in [-0.15, -0.1) is 0 Å². The van der Waals surface area contributed by atoms with Gasteiger partial charge < -0.3 is 14.6 Å². The fourth-order valence-corrected chi connectivity index (χ4v) is 4.04. The largest absolute Gasteiger partial charge is 0.481 e. The Morgan fingerprint density at radius 1 is 1.29 bits per heavy atom. The van der Waals surface area contributed by atoms with Crippen LogP contribution >= 0.6 is 11.8 Å². The minimum atomic E-state index is -0.756. The Hall–Kier alpha value is -2.02. The average molecular weight is 347 g/mol. The number of aliphatic carboxylic acids is 1. The molecule has 0 unspecified atom stereocenters. The first kappa shape index (κ1) is 16.8. The van der Waals surface area contributed by atoms with E-state index in [0.29, 0.717) is 31.7 Å². The number of piperidine rings is 1. The third-order valence-electron chi connectivity index (χ3n) is 4.46. The monoisotopic (exact) mass is 347 g/mol. The molecular weight excluding hydrogens is 326 g/mol. The number of hydrogen-bond donors (Lipinski definition) is 1. The van der Waals surface area contributed by atoms with Gasteiger partial charge in [-0.3, -0.25) is 9.59 Å². The zero-order valence-electron chi connectivity index (χ0n) is 13.6. The van der Waals surface area contributed by atoms with Crippen molar-refractivity contribution in [1.82, 2.24) is 14.5 Å². The van der Waals surface area contributed by atoms with E-state index in [-0.39, 0.29) is 11.8 Å². The molecule has 1 aromatic carbocycles. The summed E-state index contributed by atoms with van der Waals surface area (Å²) in [5.74, 6) is -0.682. The van der Waals surface area contributed by atoms with Gasteiger partial charge >= 0.3 is 5.97 Å². The zero-order valence-corrected chi connectivity index (χ0v) is 14.5. The molecule has 1 aliphatic rings. The second kappa shape index (κ2) is 7.25. The number of carbonyl (C=O) groups excluding carboxylic acids is 1. The van der Waals surface area contributed by atoms with E-state index in [1.165, 1.54) is 11.8 Å². The second-order valence-corrected chi connectivity index (χ2v) is 6.85. The standard InChI is InChI=1S/C17H21N3O3S/c1-2-20-14-6-4-3-5-13(14)18-17(20)24-11-15(21)19-9-7-12(8-10-19)16(22)23/h3-6,12H,2,7-11H2,1H3,(H,22,23). The molecule has 0 bridgehead atoms. The van der Waals surface area contributed by atoms with Crippen molar-refractivity contribution in [3.05, 3.63) is 24.3 Å². The number of carboxylic acids is 1. The summed E-state index contributed by atoms with van der Waals surface area (Å²) >= 11 is 1.45. The molecule has 1 aliphatic heterocycles. The van der Waals surface area contributed by atoms with E-state index < -0.39 is 5.97 Å². The van der Waals surface area contributed by atoms with Crippen LogP contribution in [0.25, 0.3) is 11.0 Å². The molecule has 3 rings (SSSR count). The summed E-state index contributed by atoms with van der Waals surface area (Å²) in [6.07, 6.45) is 1.08. The number of rotatable bonds is 5. The highest BCUT2D eigenvalue weighted by atomic mass is 32.2. The predicted octanol–water partition coefficient (Wildman–Crippen LogP) is 2.47. The average Bonchev–Trinajstić information content (AvgIpc) is 2.97. The molecule has 2 heterocycles. The number of likely N-dealkylation sites (tertiary alicyclic amines) is 1. The number of fused-ring (bicyclic) bond motifs is 1. The lowest BCUT2D eigenvalue weighted by Crippen LogP contribution is -2.41. The summed E-state index contributed by atoms with van der Waals surface area (Å²) in [7, 11) is 0. The maximum Gasteiger partial charge on any atom is 0.306 e. The van der Waals surface area contributed by atoms with Gasteiger partial charge in [-0.1, -0.05) is 23.9 Å². The van der Waals surface area contributed by atoms with Crippen molar-refractivity contribution < 1.29 is 14.7 Å². The van der Waals surface area contributed by atoms with E-state index in [9.17, 15) is 9.59 Å². The highest BCUT2D eigenvalue weighted by molar-refractivity contribution is 7.99. The van der Waals surface area contributed by atoms with Crippen LogP contribution in [-0.2, 0) is 16.1 Å². The molecule has 1 N–H and O–H groups in total. The molecule has 1 saturated heterocycles. The second-order valence-electron chi connectivity index (χ2n) is 5.91. The lowest BCUT2D eigenvalue weighted by Gasteiger charge is -2.30. The number of carbonyl (C=O) groups is 2. The minimum absolute atomic E-state index is 0.0542. The van der Waals surface area contributed by atoms with Gasteiger partial charge in [0.25, 0.3) is 0 Å². The number of thioether (sulfide) groups is 1. The van der Waals surface area contributed by atoms with Gasteiger partial charge in [0.15, 0.2) is 5.16 Å². The van der Waals surface area contributed by atoms with Gasteiger partial charge in [-0.2, -0.15) is 0 Å². The van der Waals surface area contributed by atoms with Crippen LogP contribution in [0.5, 0.6) is 0 Å². The van der Waals surface area contributed by atoms with Crippen LogP contribution in [0.2, 0.25) is 0 Å². The van der Waals surface area contributed by atoms with Gasteiger partial charge in [-0.25, -0.2) is 4.98 Å². The van der Waals surface area contributed by atoms with Gasteiger partial charge in [0.1, 0.15) is 0 Å². The summed E-state index contributed by atoms with van der Waals surface area (Å²) in [4.78, 5) is 29.7. The Bertz CT molecular complexity index is 751. The molecule has 0 spiro atoms. The smallest absolute Gasteiger partial charge is 0.306 e. The van der Waals surface area contributed by atoms with E-state index in [4.69, 9.17) is 5.11 Å².